The molecule has 94 valence electrons. The zero-order valence-corrected chi connectivity index (χ0v) is 12.2. The van der Waals surface area contributed by atoms with Gasteiger partial charge < -0.3 is 4.90 Å². The minimum Gasteiger partial charge on any atom is -0.369 e. The standard InChI is InChI=1S/C14H16BrN3/c1-9-7-18(8-10(9)2)13-3-4-16-12-5-11(15)6-17-14(12)13/h3-6,9-10H,7-8H2,1-2H3. The van der Waals surface area contributed by atoms with E-state index < -0.39 is 0 Å². The van der Waals surface area contributed by atoms with Gasteiger partial charge in [-0.15, -0.1) is 0 Å². The van der Waals surface area contributed by atoms with Gasteiger partial charge in [0.2, 0.25) is 0 Å². The summed E-state index contributed by atoms with van der Waals surface area (Å²) in [6, 6.07) is 4.10. The molecule has 2 aromatic rings. The lowest BCUT2D eigenvalue weighted by Crippen LogP contribution is -2.20. The molecule has 0 bridgehead atoms. The quantitative estimate of drug-likeness (QED) is 0.807. The monoisotopic (exact) mass is 305 g/mol. The smallest absolute Gasteiger partial charge is 0.112 e. The third kappa shape index (κ3) is 1.99. The number of hydrogen-bond acceptors (Lipinski definition) is 3. The SMILES string of the molecule is CC1CN(c2ccnc3cc(Br)cnc23)CC1C. The Balaban J connectivity index is 2.07. The highest BCUT2D eigenvalue weighted by atomic mass is 79.9. The zero-order chi connectivity index (χ0) is 12.7. The molecule has 0 aromatic carbocycles. The first kappa shape index (κ1) is 11.9. The van der Waals surface area contributed by atoms with Gasteiger partial charge in [0, 0.05) is 30.0 Å². The van der Waals surface area contributed by atoms with Crippen LogP contribution in [0.5, 0.6) is 0 Å². The topological polar surface area (TPSA) is 29.0 Å². The fourth-order valence-corrected chi connectivity index (χ4v) is 2.89. The second-order valence-corrected chi connectivity index (χ2v) is 6.13. The lowest BCUT2D eigenvalue weighted by Gasteiger charge is -2.19. The van der Waals surface area contributed by atoms with Gasteiger partial charge in [0.1, 0.15) is 5.52 Å². The zero-order valence-electron chi connectivity index (χ0n) is 10.6. The van der Waals surface area contributed by atoms with Crippen LogP contribution in [0.1, 0.15) is 13.8 Å². The first-order valence-corrected chi connectivity index (χ1v) is 7.09. The normalized spacial score (nSPS) is 23.8. The molecule has 2 unspecified atom stereocenters. The molecule has 3 heterocycles. The lowest BCUT2D eigenvalue weighted by molar-refractivity contribution is 0.494. The van der Waals surface area contributed by atoms with Crippen LogP contribution in [0.3, 0.4) is 0 Å². The molecule has 18 heavy (non-hydrogen) atoms. The maximum Gasteiger partial charge on any atom is 0.112 e. The molecule has 3 rings (SSSR count). The Bertz CT molecular complexity index is 574. The predicted octanol–water partition coefficient (Wildman–Crippen LogP) is 3.48. The van der Waals surface area contributed by atoms with Crippen molar-refractivity contribution in [2.45, 2.75) is 13.8 Å². The van der Waals surface area contributed by atoms with Crippen LogP contribution in [0.4, 0.5) is 5.69 Å². The van der Waals surface area contributed by atoms with Crippen LogP contribution in [0.15, 0.2) is 29.0 Å². The first-order valence-electron chi connectivity index (χ1n) is 6.30. The van der Waals surface area contributed by atoms with Crippen molar-refractivity contribution in [3.63, 3.8) is 0 Å². The summed E-state index contributed by atoms with van der Waals surface area (Å²) in [5, 5.41) is 0. The van der Waals surface area contributed by atoms with E-state index in [1.165, 1.54) is 5.69 Å². The van der Waals surface area contributed by atoms with Crippen molar-refractivity contribution in [2.24, 2.45) is 11.8 Å². The molecule has 3 nitrogen and oxygen atoms in total. The molecule has 0 saturated carbocycles. The van der Waals surface area contributed by atoms with Crippen molar-refractivity contribution in [3.05, 3.63) is 29.0 Å². The summed E-state index contributed by atoms with van der Waals surface area (Å²) >= 11 is 3.44. The van der Waals surface area contributed by atoms with E-state index in [4.69, 9.17) is 0 Å². The summed E-state index contributed by atoms with van der Waals surface area (Å²) in [5.41, 5.74) is 3.17. The summed E-state index contributed by atoms with van der Waals surface area (Å²) in [7, 11) is 0. The molecule has 0 spiro atoms. The molecule has 1 fully saturated rings. The molecule has 0 aliphatic carbocycles. The van der Waals surface area contributed by atoms with Crippen molar-refractivity contribution in [3.8, 4) is 0 Å². The average molecular weight is 306 g/mol. The Hall–Kier alpha value is -1.16. The van der Waals surface area contributed by atoms with Gasteiger partial charge in [-0.05, 0) is 39.9 Å². The van der Waals surface area contributed by atoms with E-state index in [2.05, 4.69) is 50.7 Å². The highest BCUT2D eigenvalue weighted by Gasteiger charge is 2.27. The van der Waals surface area contributed by atoms with E-state index >= 15 is 0 Å². The van der Waals surface area contributed by atoms with Crippen molar-refractivity contribution in [1.82, 2.24) is 9.97 Å². The fourth-order valence-electron chi connectivity index (χ4n) is 2.57. The Morgan fingerprint density at radius 3 is 2.67 bits per heavy atom. The lowest BCUT2D eigenvalue weighted by atomic mass is 10.0. The molecular formula is C14H16BrN3. The van der Waals surface area contributed by atoms with Gasteiger partial charge in [-0.25, -0.2) is 0 Å². The van der Waals surface area contributed by atoms with Crippen LogP contribution in [0.25, 0.3) is 11.0 Å². The van der Waals surface area contributed by atoms with Crippen LogP contribution < -0.4 is 4.90 Å². The number of halogens is 1. The van der Waals surface area contributed by atoms with Crippen LogP contribution in [-0.4, -0.2) is 23.1 Å². The Morgan fingerprint density at radius 2 is 1.94 bits per heavy atom. The van der Waals surface area contributed by atoms with E-state index in [0.29, 0.717) is 0 Å². The van der Waals surface area contributed by atoms with Crippen molar-refractivity contribution < 1.29 is 0 Å². The maximum atomic E-state index is 4.52. The van der Waals surface area contributed by atoms with Gasteiger partial charge in [0.05, 0.1) is 11.2 Å². The molecule has 0 radical (unpaired) electrons. The molecular weight excluding hydrogens is 290 g/mol. The molecule has 1 aliphatic rings. The molecule has 1 aliphatic heterocycles. The van der Waals surface area contributed by atoms with E-state index in [1.54, 1.807) is 0 Å². The third-order valence-corrected chi connectivity index (χ3v) is 4.29. The fraction of sp³-hybridized carbons (Fsp3) is 0.429. The summed E-state index contributed by atoms with van der Waals surface area (Å²) < 4.78 is 0.975. The van der Waals surface area contributed by atoms with E-state index in [-0.39, 0.29) is 0 Å². The van der Waals surface area contributed by atoms with Gasteiger partial charge in [-0.1, -0.05) is 13.8 Å². The predicted molar refractivity (Wildman–Crippen MR) is 77.8 cm³/mol. The minimum atomic E-state index is 0.740. The van der Waals surface area contributed by atoms with Crippen molar-refractivity contribution >= 4 is 32.7 Å². The van der Waals surface area contributed by atoms with Gasteiger partial charge in [0.15, 0.2) is 0 Å². The number of pyridine rings is 2. The van der Waals surface area contributed by atoms with E-state index in [9.17, 15) is 0 Å². The second kappa shape index (κ2) is 4.50. The van der Waals surface area contributed by atoms with Crippen LogP contribution in [0, 0.1) is 11.8 Å². The van der Waals surface area contributed by atoms with E-state index in [1.807, 2.05) is 18.5 Å². The van der Waals surface area contributed by atoms with Gasteiger partial charge in [0.25, 0.3) is 0 Å². The van der Waals surface area contributed by atoms with Gasteiger partial charge in [-0.3, -0.25) is 9.97 Å². The molecule has 2 aromatic heterocycles. The number of nitrogens with zero attached hydrogens (tertiary/aromatic N) is 3. The summed E-state index contributed by atoms with van der Waals surface area (Å²) in [4.78, 5) is 11.3. The first-order chi connectivity index (χ1) is 8.65. The van der Waals surface area contributed by atoms with Crippen molar-refractivity contribution in [1.29, 1.82) is 0 Å². The van der Waals surface area contributed by atoms with Crippen LogP contribution in [0.2, 0.25) is 0 Å². The summed E-state index contributed by atoms with van der Waals surface area (Å²) in [5.74, 6) is 1.48. The summed E-state index contributed by atoms with van der Waals surface area (Å²) in [6.07, 6.45) is 3.72. The minimum absolute atomic E-state index is 0.740. The van der Waals surface area contributed by atoms with Gasteiger partial charge in [-0.2, -0.15) is 0 Å². The number of rotatable bonds is 1. The third-order valence-electron chi connectivity index (χ3n) is 3.85. The van der Waals surface area contributed by atoms with E-state index in [0.717, 1.165) is 40.4 Å². The second-order valence-electron chi connectivity index (χ2n) is 5.21. The molecule has 4 heteroatoms. The highest BCUT2D eigenvalue weighted by Crippen LogP contribution is 2.31. The van der Waals surface area contributed by atoms with Crippen LogP contribution >= 0.6 is 15.9 Å². The Labute approximate surface area is 115 Å². The molecule has 0 N–H and O–H groups in total. The molecule has 0 amide bonds. The largest absolute Gasteiger partial charge is 0.369 e. The molecule has 1 saturated heterocycles. The number of aromatic nitrogens is 2. The number of hydrogen-bond donors (Lipinski definition) is 0. The Morgan fingerprint density at radius 1 is 1.22 bits per heavy atom. The maximum absolute atomic E-state index is 4.52. The van der Waals surface area contributed by atoms with Gasteiger partial charge >= 0.3 is 0 Å². The van der Waals surface area contributed by atoms with Crippen LogP contribution in [-0.2, 0) is 0 Å². The number of anilines is 1. The molecule has 2 atom stereocenters. The average Bonchev–Trinajstić information content (AvgIpc) is 2.68. The number of fused-ring (bicyclic) bond motifs is 1. The Kier molecular flexibility index (Phi) is 2.98. The van der Waals surface area contributed by atoms with Crippen molar-refractivity contribution in [2.75, 3.05) is 18.0 Å². The highest BCUT2D eigenvalue weighted by molar-refractivity contribution is 9.10. The summed E-state index contributed by atoms with van der Waals surface area (Å²) in [6.45, 7) is 6.85.